The van der Waals surface area contributed by atoms with Crippen LogP contribution in [-0.4, -0.2) is 23.1 Å². The van der Waals surface area contributed by atoms with Crippen molar-refractivity contribution in [3.63, 3.8) is 0 Å². The molecule has 1 aliphatic carbocycles. The monoisotopic (exact) mass is 277 g/mol. The zero-order valence-electron chi connectivity index (χ0n) is 11.5. The lowest BCUT2D eigenvalue weighted by Gasteiger charge is -2.08. The molecule has 1 aliphatic heterocycles. The van der Waals surface area contributed by atoms with Gasteiger partial charge in [0.1, 0.15) is 6.54 Å². The van der Waals surface area contributed by atoms with Gasteiger partial charge in [-0.15, -0.1) is 0 Å². The minimum Gasteiger partial charge on any atom is -0.352 e. The Morgan fingerprint density at radius 2 is 2.00 bits per heavy atom. The van der Waals surface area contributed by atoms with E-state index in [0.29, 0.717) is 0 Å². The zero-order valence-corrected chi connectivity index (χ0v) is 11.5. The van der Waals surface area contributed by atoms with E-state index in [9.17, 15) is 4.79 Å². The Labute approximate surface area is 122 Å². The van der Waals surface area contributed by atoms with Gasteiger partial charge in [0.2, 0.25) is 5.91 Å². The summed E-state index contributed by atoms with van der Waals surface area (Å²) in [4.78, 5) is 19.9. The van der Waals surface area contributed by atoms with Crippen molar-refractivity contribution in [1.29, 1.82) is 0 Å². The van der Waals surface area contributed by atoms with Gasteiger partial charge in [0.15, 0.2) is 0 Å². The number of benzene rings is 1. The van der Waals surface area contributed by atoms with Gasteiger partial charge in [0, 0.05) is 16.8 Å². The fourth-order valence-corrected chi connectivity index (χ4v) is 2.95. The molecule has 0 saturated carbocycles. The predicted octanol–water partition coefficient (Wildman–Crippen LogP) is 2.76. The number of carbonyl (C=O) groups excluding carboxylic acids is 1. The Balaban J connectivity index is 1.93. The first-order valence-electron chi connectivity index (χ1n) is 7.14. The maximum absolute atomic E-state index is 12.0. The van der Waals surface area contributed by atoms with Crippen LogP contribution in [-0.2, 0) is 11.2 Å². The molecule has 0 unspecified atom stereocenters. The number of amides is 1. The number of H-pyrrole nitrogens is 1. The zero-order chi connectivity index (χ0) is 14.2. The molecule has 0 saturated heterocycles. The van der Waals surface area contributed by atoms with Crippen LogP contribution in [0.2, 0.25) is 0 Å². The number of aromatic nitrogens is 1. The molecule has 2 aromatic rings. The molecule has 2 N–H and O–H groups in total. The Hall–Kier alpha value is -2.62. The number of nitrogens with one attached hydrogen (secondary N) is 2. The van der Waals surface area contributed by atoms with Crippen LogP contribution < -0.4 is 5.32 Å². The summed E-state index contributed by atoms with van der Waals surface area (Å²) in [6.07, 6.45) is 6.19. The molecule has 21 heavy (non-hydrogen) atoms. The maximum Gasteiger partial charge on any atom is 0.246 e. The first-order chi connectivity index (χ1) is 10.3. The van der Waals surface area contributed by atoms with Crippen LogP contribution in [0.15, 0.2) is 41.4 Å². The second kappa shape index (κ2) is 4.74. The Morgan fingerprint density at radius 3 is 2.86 bits per heavy atom. The number of rotatable bonds is 1. The van der Waals surface area contributed by atoms with Crippen LogP contribution in [0, 0.1) is 0 Å². The molecule has 1 aromatic heterocycles. The fraction of sp³-hybridized carbons (Fsp3) is 0.176. The van der Waals surface area contributed by atoms with Gasteiger partial charge in [-0.2, -0.15) is 0 Å². The summed E-state index contributed by atoms with van der Waals surface area (Å²) in [5, 5.41) is 3.01. The van der Waals surface area contributed by atoms with Gasteiger partial charge in [-0.1, -0.05) is 36.4 Å². The number of allylic oxidation sites excluding steroid dienone is 1. The quantitative estimate of drug-likeness (QED) is 0.827. The maximum atomic E-state index is 12.0. The van der Waals surface area contributed by atoms with Crippen molar-refractivity contribution >= 4 is 23.4 Å². The summed E-state index contributed by atoms with van der Waals surface area (Å²) in [6.45, 7) is 0.164. The summed E-state index contributed by atoms with van der Waals surface area (Å²) in [5.41, 5.74) is 5.97. The van der Waals surface area contributed by atoms with Crippen molar-refractivity contribution in [3.05, 3.63) is 58.9 Å². The van der Waals surface area contributed by atoms with E-state index in [-0.39, 0.29) is 12.5 Å². The molecule has 1 amide bonds. The van der Waals surface area contributed by atoms with Gasteiger partial charge >= 0.3 is 0 Å². The molecule has 2 aliphatic rings. The van der Waals surface area contributed by atoms with Gasteiger partial charge in [-0.05, 0) is 18.9 Å². The molecule has 4 rings (SSSR count). The van der Waals surface area contributed by atoms with Crippen LogP contribution in [0.3, 0.4) is 0 Å². The normalized spacial score (nSPS) is 16.6. The number of hydrogen-bond acceptors (Lipinski definition) is 2. The molecule has 0 atom stereocenters. The second-order valence-corrected chi connectivity index (χ2v) is 5.29. The highest BCUT2D eigenvalue weighted by Gasteiger charge is 2.25. The molecular formula is C17H15N3O. The van der Waals surface area contributed by atoms with E-state index >= 15 is 0 Å². The summed E-state index contributed by atoms with van der Waals surface area (Å²) in [7, 11) is 0. The lowest BCUT2D eigenvalue weighted by Crippen LogP contribution is -2.14. The fourth-order valence-electron chi connectivity index (χ4n) is 2.95. The summed E-state index contributed by atoms with van der Waals surface area (Å²) in [6, 6.07) is 10.00. The average molecular weight is 277 g/mol. The lowest BCUT2D eigenvalue weighted by atomic mass is 10.0. The highest BCUT2D eigenvalue weighted by atomic mass is 16.1. The number of fused-ring (bicyclic) bond motifs is 3. The summed E-state index contributed by atoms with van der Waals surface area (Å²) in [5.74, 6) is -0.0569. The highest BCUT2D eigenvalue weighted by molar-refractivity contribution is 6.19. The molecule has 0 radical (unpaired) electrons. The first-order valence-corrected chi connectivity index (χ1v) is 7.14. The van der Waals surface area contributed by atoms with Crippen molar-refractivity contribution in [3.8, 4) is 0 Å². The largest absolute Gasteiger partial charge is 0.352 e. The first kappa shape index (κ1) is 12.1. The standard InChI is InChI=1S/C17H15N3O/c21-14-10-18-15(11-6-2-1-3-7-11)17-16(20-14)12-8-4-5-9-13(12)19-17/h1-3,5-7,9,19H,4,8,10H2,(H,20,21). The third-order valence-corrected chi connectivity index (χ3v) is 3.91. The van der Waals surface area contributed by atoms with E-state index in [2.05, 4.69) is 27.4 Å². The molecule has 104 valence electrons. The molecule has 4 heteroatoms. The van der Waals surface area contributed by atoms with Gasteiger partial charge < -0.3 is 10.3 Å². The Bertz CT molecular complexity index is 769. The van der Waals surface area contributed by atoms with Crippen molar-refractivity contribution in [2.24, 2.45) is 4.99 Å². The number of aliphatic imine (C=N–C) groups is 1. The summed E-state index contributed by atoms with van der Waals surface area (Å²) < 4.78 is 0. The van der Waals surface area contributed by atoms with Crippen molar-refractivity contribution < 1.29 is 4.79 Å². The molecule has 4 nitrogen and oxygen atoms in total. The van der Waals surface area contributed by atoms with Crippen molar-refractivity contribution in [1.82, 2.24) is 4.98 Å². The number of aromatic amines is 1. The van der Waals surface area contributed by atoms with Crippen LogP contribution >= 0.6 is 0 Å². The van der Waals surface area contributed by atoms with E-state index in [0.717, 1.165) is 41.2 Å². The molecule has 0 spiro atoms. The molecule has 0 fully saturated rings. The highest BCUT2D eigenvalue weighted by Crippen LogP contribution is 2.32. The third kappa shape index (κ3) is 2.00. The Morgan fingerprint density at radius 1 is 1.14 bits per heavy atom. The van der Waals surface area contributed by atoms with Gasteiger partial charge in [-0.3, -0.25) is 9.79 Å². The molecular weight excluding hydrogens is 262 g/mol. The third-order valence-electron chi connectivity index (χ3n) is 3.91. The van der Waals surface area contributed by atoms with E-state index < -0.39 is 0 Å². The molecule has 2 heterocycles. The van der Waals surface area contributed by atoms with Crippen LogP contribution in [0.4, 0.5) is 5.69 Å². The van der Waals surface area contributed by atoms with E-state index in [1.54, 1.807) is 0 Å². The van der Waals surface area contributed by atoms with E-state index in [4.69, 9.17) is 0 Å². The van der Waals surface area contributed by atoms with E-state index in [1.807, 2.05) is 30.3 Å². The summed E-state index contributed by atoms with van der Waals surface area (Å²) >= 11 is 0. The van der Waals surface area contributed by atoms with Crippen molar-refractivity contribution in [2.45, 2.75) is 12.8 Å². The number of carbonyl (C=O) groups is 1. The van der Waals surface area contributed by atoms with E-state index in [1.165, 1.54) is 5.56 Å². The number of hydrogen-bond donors (Lipinski definition) is 2. The van der Waals surface area contributed by atoms with Gasteiger partial charge in [-0.25, -0.2) is 0 Å². The molecule has 1 aromatic carbocycles. The average Bonchev–Trinajstić information content (AvgIpc) is 2.79. The van der Waals surface area contributed by atoms with Crippen molar-refractivity contribution in [2.75, 3.05) is 11.9 Å². The lowest BCUT2D eigenvalue weighted by molar-refractivity contribution is -0.114. The second-order valence-electron chi connectivity index (χ2n) is 5.29. The smallest absolute Gasteiger partial charge is 0.246 e. The van der Waals surface area contributed by atoms with Crippen LogP contribution in [0.5, 0.6) is 0 Å². The topological polar surface area (TPSA) is 57.2 Å². The van der Waals surface area contributed by atoms with Crippen LogP contribution in [0.25, 0.3) is 6.08 Å². The number of anilines is 1. The number of nitrogens with zero attached hydrogens (tertiary/aromatic N) is 1. The minimum absolute atomic E-state index is 0.0569. The predicted molar refractivity (Wildman–Crippen MR) is 83.7 cm³/mol. The minimum atomic E-state index is -0.0569. The Kier molecular flexibility index (Phi) is 2.74. The van der Waals surface area contributed by atoms with Gasteiger partial charge in [0.25, 0.3) is 0 Å². The SMILES string of the molecule is O=C1CN=C(c2ccccc2)c2[nH]c3c(c2N1)CCC=C3. The molecule has 0 bridgehead atoms. The van der Waals surface area contributed by atoms with Crippen LogP contribution in [0.1, 0.15) is 28.9 Å². The van der Waals surface area contributed by atoms with Gasteiger partial charge in [0.05, 0.1) is 17.1 Å².